The van der Waals surface area contributed by atoms with Crippen molar-refractivity contribution in [2.24, 2.45) is 10.8 Å². The van der Waals surface area contributed by atoms with E-state index in [1.165, 1.54) is 0 Å². The number of nitrogens with zero attached hydrogens (tertiary/aromatic N) is 1. The second-order valence-corrected chi connectivity index (χ2v) is 7.45. The molecule has 1 heterocycles. The summed E-state index contributed by atoms with van der Waals surface area (Å²) in [6.45, 7) is 11.2. The number of hydrogen-bond acceptors (Lipinski definition) is 3. The van der Waals surface area contributed by atoms with Crippen LogP contribution in [-0.2, 0) is 0 Å². The molecule has 0 saturated carbocycles. The van der Waals surface area contributed by atoms with E-state index in [2.05, 4.69) is 9.97 Å². The maximum absolute atomic E-state index is 12.5. The zero-order valence-electron chi connectivity index (χ0n) is 13.5. The Morgan fingerprint density at radius 1 is 0.952 bits per heavy atom. The van der Waals surface area contributed by atoms with Crippen LogP contribution in [0.15, 0.2) is 18.2 Å². The van der Waals surface area contributed by atoms with Crippen molar-refractivity contribution in [2.45, 2.75) is 41.5 Å². The van der Waals surface area contributed by atoms with Gasteiger partial charge >= 0.3 is 0 Å². The molecule has 2 rings (SSSR count). The Bertz CT molecular complexity index is 712. The lowest BCUT2D eigenvalue weighted by atomic mass is 9.86. The lowest BCUT2D eigenvalue weighted by Gasteiger charge is -2.16. The third-order valence-corrected chi connectivity index (χ3v) is 3.33. The molecule has 0 atom stereocenters. The molecule has 0 bridgehead atoms. The van der Waals surface area contributed by atoms with Gasteiger partial charge in [-0.3, -0.25) is 9.59 Å². The largest absolute Gasteiger partial charge is 0.335 e. The molecule has 1 aromatic carbocycles. The Kier molecular flexibility index (Phi) is 3.52. The number of carbonyl (C=O) groups excluding carboxylic acids is 2. The Balaban J connectivity index is 2.60. The van der Waals surface area contributed by atoms with E-state index in [0.29, 0.717) is 16.9 Å². The summed E-state index contributed by atoms with van der Waals surface area (Å²) in [5.41, 5.74) is 0.857. The molecule has 0 aliphatic heterocycles. The van der Waals surface area contributed by atoms with Crippen molar-refractivity contribution in [1.29, 1.82) is 0 Å². The quantitative estimate of drug-likeness (QED) is 0.848. The van der Waals surface area contributed by atoms with Crippen LogP contribution < -0.4 is 0 Å². The van der Waals surface area contributed by atoms with Gasteiger partial charge in [0.05, 0.1) is 11.0 Å². The SMILES string of the molecule is CC(C)(C)C(=O)c1nc2c(C(=O)C(C)(C)C)cccc2[nH]1. The number of imidazole rings is 1. The smallest absolute Gasteiger partial charge is 0.203 e. The molecule has 0 amide bonds. The lowest BCUT2D eigenvalue weighted by Crippen LogP contribution is -2.21. The van der Waals surface area contributed by atoms with Crippen LogP contribution in [0.5, 0.6) is 0 Å². The highest BCUT2D eigenvalue weighted by atomic mass is 16.1. The zero-order valence-corrected chi connectivity index (χ0v) is 13.5. The van der Waals surface area contributed by atoms with E-state index in [4.69, 9.17) is 0 Å². The summed E-state index contributed by atoms with van der Waals surface area (Å²) in [6, 6.07) is 5.41. The number of rotatable bonds is 2. The van der Waals surface area contributed by atoms with E-state index in [1.54, 1.807) is 6.07 Å². The number of ketones is 2. The number of aromatic nitrogens is 2. The minimum absolute atomic E-state index is 0.0226. The standard InChI is InChI=1S/C17H22N2O2/c1-16(2,3)13(20)10-8-7-9-11-12(10)19-15(18-11)14(21)17(4,5)6/h7-9H,1-6H3,(H,18,19). The molecule has 4 nitrogen and oxygen atoms in total. The number of Topliss-reactive ketones (excluding diaryl/α,β-unsaturated/α-hetero) is 2. The summed E-state index contributed by atoms with van der Waals surface area (Å²) in [4.78, 5) is 32.3. The zero-order chi connectivity index (χ0) is 16.0. The molecule has 0 radical (unpaired) electrons. The van der Waals surface area contributed by atoms with E-state index in [9.17, 15) is 9.59 Å². The van der Waals surface area contributed by atoms with Crippen molar-refractivity contribution in [3.63, 3.8) is 0 Å². The van der Waals surface area contributed by atoms with Gasteiger partial charge in [-0.15, -0.1) is 0 Å². The van der Waals surface area contributed by atoms with Crippen molar-refractivity contribution in [1.82, 2.24) is 9.97 Å². The Morgan fingerprint density at radius 2 is 1.52 bits per heavy atom. The first-order valence-corrected chi connectivity index (χ1v) is 7.10. The van der Waals surface area contributed by atoms with Gasteiger partial charge in [-0.25, -0.2) is 4.98 Å². The molecular formula is C17H22N2O2. The van der Waals surface area contributed by atoms with Gasteiger partial charge in [0.25, 0.3) is 0 Å². The molecule has 0 spiro atoms. The fraction of sp³-hybridized carbons (Fsp3) is 0.471. The molecule has 2 aromatic rings. The van der Waals surface area contributed by atoms with Crippen molar-refractivity contribution < 1.29 is 9.59 Å². The van der Waals surface area contributed by atoms with Gasteiger partial charge in [0, 0.05) is 16.4 Å². The molecule has 21 heavy (non-hydrogen) atoms. The number of fused-ring (bicyclic) bond motifs is 1. The van der Waals surface area contributed by atoms with Gasteiger partial charge in [0.1, 0.15) is 0 Å². The summed E-state index contributed by atoms with van der Waals surface area (Å²) in [6.07, 6.45) is 0. The minimum atomic E-state index is -0.512. The average Bonchev–Trinajstić information content (AvgIpc) is 2.77. The van der Waals surface area contributed by atoms with Gasteiger partial charge < -0.3 is 4.98 Å². The molecule has 4 heteroatoms. The van der Waals surface area contributed by atoms with E-state index in [1.807, 2.05) is 53.7 Å². The predicted molar refractivity (Wildman–Crippen MR) is 83.7 cm³/mol. The van der Waals surface area contributed by atoms with Crippen LogP contribution >= 0.6 is 0 Å². The van der Waals surface area contributed by atoms with E-state index < -0.39 is 10.8 Å². The molecule has 0 fully saturated rings. The fourth-order valence-corrected chi connectivity index (χ4v) is 2.08. The molecule has 1 N–H and O–H groups in total. The summed E-state index contributed by atoms with van der Waals surface area (Å²) < 4.78 is 0. The van der Waals surface area contributed by atoms with E-state index >= 15 is 0 Å². The van der Waals surface area contributed by atoms with Gasteiger partial charge in [0.15, 0.2) is 11.6 Å². The average molecular weight is 286 g/mol. The monoisotopic (exact) mass is 286 g/mol. The van der Waals surface area contributed by atoms with Crippen LogP contribution in [0, 0.1) is 10.8 Å². The van der Waals surface area contributed by atoms with E-state index in [-0.39, 0.29) is 11.6 Å². The van der Waals surface area contributed by atoms with Crippen LogP contribution in [0.2, 0.25) is 0 Å². The number of aromatic amines is 1. The summed E-state index contributed by atoms with van der Waals surface area (Å²) in [5.74, 6) is 0.272. The molecular weight excluding hydrogens is 264 g/mol. The Labute approximate surface area is 125 Å². The predicted octanol–water partition coefficient (Wildman–Crippen LogP) is 4.02. The van der Waals surface area contributed by atoms with Crippen LogP contribution in [0.3, 0.4) is 0 Å². The Morgan fingerprint density at radius 3 is 2.05 bits per heavy atom. The normalized spacial score (nSPS) is 12.7. The maximum atomic E-state index is 12.5. The van der Waals surface area contributed by atoms with Gasteiger partial charge in [-0.05, 0) is 12.1 Å². The van der Waals surface area contributed by atoms with Crippen molar-refractivity contribution >= 4 is 22.6 Å². The second kappa shape index (κ2) is 4.79. The molecule has 112 valence electrons. The first-order valence-electron chi connectivity index (χ1n) is 7.10. The third-order valence-electron chi connectivity index (χ3n) is 3.33. The first-order chi connectivity index (χ1) is 9.51. The number of hydrogen-bond donors (Lipinski definition) is 1. The number of para-hydroxylation sites is 1. The highest BCUT2D eigenvalue weighted by molar-refractivity contribution is 6.09. The van der Waals surface area contributed by atoms with Crippen LogP contribution in [0.4, 0.5) is 0 Å². The first kappa shape index (κ1) is 15.4. The number of nitrogens with one attached hydrogen (secondary N) is 1. The van der Waals surface area contributed by atoms with Crippen molar-refractivity contribution in [3.05, 3.63) is 29.6 Å². The summed E-state index contributed by atoms with van der Waals surface area (Å²) >= 11 is 0. The van der Waals surface area contributed by atoms with Crippen molar-refractivity contribution in [3.8, 4) is 0 Å². The molecule has 0 aliphatic carbocycles. The number of H-pyrrole nitrogens is 1. The van der Waals surface area contributed by atoms with Crippen LogP contribution in [0.25, 0.3) is 11.0 Å². The fourth-order valence-electron chi connectivity index (χ4n) is 2.08. The summed E-state index contributed by atoms with van der Waals surface area (Å²) in [7, 11) is 0. The summed E-state index contributed by atoms with van der Waals surface area (Å²) in [5, 5.41) is 0. The van der Waals surface area contributed by atoms with Gasteiger partial charge in [0.2, 0.25) is 5.78 Å². The Hall–Kier alpha value is -1.97. The number of benzene rings is 1. The van der Waals surface area contributed by atoms with Crippen LogP contribution in [-0.4, -0.2) is 21.5 Å². The highest BCUT2D eigenvalue weighted by Crippen LogP contribution is 2.27. The highest BCUT2D eigenvalue weighted by Gasteiger charge is 2.29. The topological polar surface area (TPSA) is 62.8 Å². The lowest BCUT2D eigenvalue weighted by molar-refractivity contribution is 0.0844. The molecule has 0 saturated heterocycles. The molecule has 0 aliphatic rings. The van der Waals surface area contributed by atoms with Crippen LogP contribution in [0.1, 0.15) is 62.5 Å². The third kappa shape index (κ3) is 2.89. The maximum Gasteiger partial charge on any atom is 0.203 e. The van der Waals surface area contributed by atoms with Crippen molar-refractivity contribution in [2.75, 3.05) is 0 Å². The minimum Gasteiger partial charge on any atom is -0.335 e. The van der Waals surface area contributed by atoms with Gasteiger partial charge in [-0.2, -0.15) is 0 Å². The molecule has 0 unspecified atom stereocenters. The van der Waals surface area contributed by atoms with E-state index in [0.717, 1.165) is 5.52 Å². The number of carbonyl (C=O) groups is 2. The molecule has 1 aromatic heterocycles. The second-order valence-electron chi connectivity index (χ2n) is 7.45. The van der Waals surface area contributed by atoms with Gasteiger partial charge in [-0.1, -0.05) is 47.6 Å².